The summed E-state index contributed by atoms with van der Waals surface area (Å²) in [7, 11) is 0. The molecule has 1 aromatic carbocycles. The lowest BCUT2D eigenvalue weighted by Gasteiger charge is -2.37. The molecule has 0 amide bonds. The van der Waals surface area contributed by atoms with Crippen molar-refractivity contribution in [3.8, 4) is 0 Å². The first-order valence-electron chi connectivity index (χ1n) is 6.93. The highest BCUT2D eigenvalue weighted by Crippen LogP contribution is 2.22. The van der Waals surface area contributed by atoms with E-state index in [1.807, 2.05) is 6.07 Å². The molecule has 0 aliphatic carbocycles. The van der Waals surface area contributed by atoms with E-state index in [4.69, 9.17) is 0 Å². The molecular weight excluding hydrogens is 227 g/mol. The van der Waals surface area contributed by atoms with Crippen LogP contribution in [0.4, 0.5) is 4.39 Å². The van der Waals surface area contributed by atoms with Crippen LogP contribution < -0.4 is 5.32 Å². The van der Waals surface area contributed by atoms with Crippen molar-refractivity contribution in [1.29, 1.82) is 0 Å². The molecule has 2 atom stereocenters. The lowest BCUT2D eigenvalue weighted by atomic mass is 10.0. The number of nitrogens with zero attached hydrogens (tertiary/aromatic N) is 1. The van der Waals surface area contributed by atoms with Crippen LogP contribution in [0.1, 0.15) is 38.3 Å². The molecule has 3 heteroatoms. The van der Waals surface area contributed by atoms with Crippen LogP contribution in [0.2, 0.25) is 0 Å². The minimum Gasteiger partial charge on any atom is -0.311 e. The summed E-state index contributed by atoms with van der Waals surface area (Å²) in [6.07, 6.45) is 2.42. The molecule has 18 heavy (non-hydrogen) atoms. The number of halogens is 1. The van der Waals surface area contributed by atoms with E-state index in [1.54, 1.807) is 12.1 Å². The fourth-order valence-electron chi connectivity index (χ4n) is 2.72. The van der Waals surface area contributed by atoms with E-state index in [9.17, 15) is 4.39 Å². The van der Waals surface area contributed by atoms with Crippen molar-refractivity contribution < 1.29 is 4.39 Å². The highest BCUT2D eigenvalue weighted by Gasteiger charge is 2.23. The molecule has 0 bridgehead atoms. The largest absolute Gasteiger partial charge is 0.311 e. The predicted octanol–water partition coefficient (Wildman–Crippen LogP) is 2.96. The van der Waals surface area contributed by atoms with Crippen LogP contribution in [0, 0.1) is 5.82 Å². The summed E-state index contributed by atoms with van der Waals surface area (Å²) >= 11 is 0. The van der Waals surface area contributed by atoms with Gasteiger partial charge in [0.1, 0.15) is 5.82 Å². The molecule has 1 fully saturated rings. The van der Waals surface area contributed by atoms with Gasteiger partial charge >= 0.3 is 0 Å². The summed E-state index contributed by atoms with van der Waals surface area (Å²) in [5.41, 5.74) is 1.08. The van der Waals surface area contributed by atoms with Gasteiger partial charge in [0.05, 0.1) is 0 Å². The third kappa shape index (κ3) is 3.30. The lowest BCUT2D eigenvalue weighted by molar-refractivity contribution is 0.149. The monoisotopic (exact) mass is 250 g/mol. The van der Waals surface area contributed by atoms with Gasteiger partial charge in [-0.15, -0.1) is 0 Å². The second kappa shape index (κ2) is 6.30. The van der Waals surface area contributed by atoms with Crippen LogP contribution in [-0.2, 0) is 0 Å². The smallest absolute Gasteiger partial charge is 0.123 e. The van der Waals surface area contributed by atoms with Gasteiger partial charge in [-0.05, 0) is 31.0 Å². The Hall–Kier alpha value is -0.930. The maximum atomic E-state index is 13.3. The summed E-state index contributed by atoms with van der Waals surface area (Å²) < 4.78 is 13.3. The van der Waals surface area contributed by atoms with E-state index in [0.29, 0.717) is 12.1 Å². The lowest BCUT2D eigenvalue weighted by Crippen LogP contribution is -2.51. The molecule has 1 saturated heterocycles. The topological polar surface area (TPSA) is 15.3 Å². The van der Waals surface area contributed by atoms with Crippen molar-refractivity contribution in [2.75, 3.05) is 19.6 Å². The zero-order valence-corrected chi connectivity index (χ0v) is 11.3. The summed E-state index contributed by atoms with van der Waals surface area (Å²) in [6.45, 7) is 7.52. The van der Waals surface area contributed by atoms with Crippen molar-refractivity contribution in [2.45, 2.75) is 38.8 Å². The number of hydrogen-bond acceptors (Lipinski definition) is 2. The summed E-state index contributed by atoms with van der Waals surface area (Å²) in [5, 5.41) is 3.55. The molecule has 1 aromatic rings. The number of hydrogen-bond donors (Lipinski definition) is 1. The van der Waals surface area contributed by atoms with Crippen molar-refractivity contribution in [2.24, 2.45) is 0 Å². The number of benzene rings is 1. The number of rotatable bonds is 4. The third-order valence-corrected chi connectivity index (χ3v) is 3.80. The standard InChI is InChI=1S/C15H23FN2/c1-3-5-15-11-18(9-8-17-15)12(2)13-6-4-7-14(16)10-13/h4,6-7,10,12,15,17H,3,5,8-9,11H2,1-2H3. The van der Waals surface area contributed by atoms with Gasteiger partial charge in [0, 0.05) is 31.7 Å². The molecular formula is C15H23FN2. The van der Waals surface area contributed by atoms with Crippen molar-refractivity contribution in [3.63, 3.8) is 0 Å². The minimum atomic E-state index is -0.139. The molecule has 1 aliphatic heterocycles. The number of piperazine rings is 1. The zero-order chi connectivity index (χ0) is 13.0. The highest BCUT2D eigenvalue weighted by atomic mass is 19.1. The average Bonchev–Trinajstić information content (AvgIpc) is 2.39. The van der Waals surface area contributed by atoms with Crippen LogP contribution in [0.25, 0.3) is 0 Å². The van der Waals surface area contributed by atoms with Gasteiger partial charge in [0.15, 0.2) is 0 Å². The Morgan fingerprint density at radius 2 is 2.33 bits per heavy atom. The molecule has 0 radical (unpaired) electrons. The zero-order valence-electron chi connectivity index (χ0n) is 11.3. The normalized spacial score (nSPS) is 22.9. The van der Waals surface area contributed by atoms with Crippen molar-refractivity contribution >= 4 is 0 Å². The van der Waals surface area contributed by atoms with Gasteiger partial charge in [-0.25, -0.2) is 4.39 Å². The molecule has 1 heterocycles. The molecule has 0 spiro atoms. The molecule has 0 saturated carbocycles. The SMILES string of the molecule is CCCC1CN(C(C)c2cccc(F)c2)CCN1. The maximum Gasteiger partial charge on any atom is 0.123 e. The Balaban J connectivity index is 2.02. The third-order valence-electron chi connectivity index (χ3n) is 3.80. The number of nitrogens with one attached hydrogen (secondary N) is 1. The van der Waals surface area contributed by atoms with E-state index in [-0.39, 0.29) is 5.82 Å². The predicted molar refractivity (Wildman–Crippen MR) is 73.1 cm³/mol. The molecule has 1 aliphatic rings. The highest BCUT2D eigenvalue weighted by molar-refractivity contribution is 5.19. The first kappa shape index (κ1) is 13.5. The fraction of sp³-hybridized carbons (Fsp3) is 0.600. The van der Waals surface area contributed by atoms with Crippen LogP contribution in [0.15, 0.2) is 24.3 Å². The van der Waals surface area contributed by atoms with Gasteiger partial charge in [-0.1, -0.05) is 25.5 Å². The van der Waals surface area contributed by atoms with Crippen LogP contribution in [0.3, 0.4) is 0 Å². The van der Waals surface area contributed by atoms with Gasteiger partial charge in [0.2, 0.25) is 0 Å². The maximum absolute atomic E-state index is 13.3. The Morgan fingerprint density at radius 1 is 1.50 bits per heavy atom. The quantitative estimate of drug-likeness (QED) is 0.884. The van der Waals surface area contributed by atoms with Gasteiger partial charge in [0.25, 0.3) is 0 Å². The Morgan fingerprint density at radius 3 is 3.06 bits per heavy atom. The summed E-state index contributed by atoms with van der Waals surface area (Å²) in [6, 6.07) is 7.86. The summed E-state index contributed by atoms with van der Waals surface area (Å²) in [4.78, 5) is 2.45. The van der Waals surface area contributed by atoms with Gasteiger partial charge in [-0.3, -0.25) is 4.90 Å². The average molecular weight is 250 g/mol. The van der Waals surface area contributed by atoms with Crippen LogP contribution >= 0.6 is 0 Å². The summed E-state index contributed by atoms with van der Waals surface area (Å²) in [5.74, 6) is -0.139. The Bertz CT molecular complexity index is 379. The molecule has 2 nitrogen and oxygen atoms in total. The van der Waals surface area contributed by atoms with E-state index in [2.05, 4.69) is 24.1 Å². The van der Waals surface area contributed by atoms with E-state index in [0.717, 1.165) is 25.2 Å². The first-order valence-corrected chi connectivity index (χ1v) is 6.93. The Kier molecular flexibility index (Phi) is 4.72. The van der Waals surface area contributed by atoms with Crippen LogP contribution in [-0.4, -0.2) is 30.6 Å². The molecule has 0 aromatic heterocycles. The minimum absolute atomic E-state index is 0.139. The first-order chi connectivity index (χ1) is 8.70. The molecule has 2 unspecified atom stereocenters. The van der Waals surface area contributed by atoms with E-state index >= 15 is 0 Å². The van der Waals surface area contributed by atoms with Crippen molar-refractivity contribution in [3.05, 3.63) is 35.6 Å². The Labute approximate surface area is 109 Å². The second-order valence-electron chi connectivity index (χ2n) is 5.17. The van der Waals surface area contributed by atoms with Gasteiger partial charge in [-0.2, -0.15) is 0 Å². The fourth-order valence-corrected chi connectivity index (χ4v) is 2.72. The molecule has 2 rings (SSSR count). The van der Waals surface area contributed by atoms with E-state index in [1.165, 1.54) is 18.9 Å². The second-order valence-corrected chi connectivity index (χ2v) is 5.17. The van der Waals surface area contributed by atoms with Crippen LogP contribution in [0.5, 0.6) is 0 Å². The van der Waals surface area contributed by atoms with Gasteiger partial charge < -0.3 is 5.32 Å². The van der Waals surface area contributed by atoms with Crippen molar-refractivity contribution in [1.82, 2.24) is 10.2 Å². The van der Waals surface area contributed by atoms with E-state index < -0.39 is 0 Å². The molecule has 100 valence electrons. The molecule has 1 N–H and O–H groups in total.